The number of carbonyl (C=O) groups is 2. The lowest BCUT2D eigenvalue weighted by atomic mass is 9.80. The van der Waals surface area contributed by atoms with E-state index in [9.17, 15) is 22.8 Å². The Balaban J connectivity index is 1.91. The Morgan fingerprint density at radius 1 is 1.29 bits per heavy atom. The molecule has 0 N–H and O–H groups in total. The van der Waals surface area contributed by atoms with Crippen molar-refractivity contribution in [2.24, 2.45) is 5.92 Å². The molecule has 0 radical (unpaired) electrons. The van der Waals surface area contributed by atoms with Crippen molar-refractivity contribution in [2.75, 3.05) is 13.1 Å². The van der Waals surface area contributed by atoms with Crippen molar-refractivity contribution < 1.29 is 22.8 Å². The molecule has 3 aliphatic rings. The highest BCUT2D eigenvalue weighted by molar-refractivity contribution is 5.89. The lowest BCUT2D eigenvalue weighted by molar-refractivity contribution is -0.171. The molecule has 6 heteroatoms. The standard InChI is InChI=1S/C11H14F3NO2/c12-11(13,14)9(16)2-1-8-10(17)7-3-5-15(8)6-4-7/h7-8H,1-6H2. The Morgan fingerprint density at radius 2 is 1.88 bits per heavy atom. The third kappa shape index (κ3) is 2.51. The first-order chi connectivity index (χ1) is 7.89. The summed E-state index contributed by atoms with van der Waals surface area (Å²) >= 11 is 0. The lowest BCUT2D eigenvalue weighted by Crippen LogP contribution is -2.55. The molecule has 3 nitrogen and oxygen atoms in total. The van der Waals surface area contributed by atoms with Crippen LogP contribution in [0.2, 0.25) is 0 Å². The maximum absolute atomic E-state index is 12.0. The molecule has 0 aliphatic carbocycles. The van der Waals surface area contributed by atoms with Crippen LogP contribution in [0, 0.1) is 5.92 Å². The summed E-state index contributed by atoms with van der Waals surface area (Å²) in [4.78, 5) is 24.5. The van der Waals surface area contributed by atoms with E-state index in [1.165, 1.54) is 0 Å². The van der Waals surface area contributed by atoms with Crippen LogP contribution in [0.4, 0.5) is 13.2 Å². The number of hydrogen-bond donors (Lipinski definition) is 0. The minimum absolute atomic E-state index is 0.00555. The van der Waals surface area contributed by atoms with Gasteiger partial charge < -0.3 is 0 Å². The van der Waals surface area contributed by atoms with Gasteiger partial charge in [0.1, 0.15) is 0 Å². The van der Waals surface area contributed by atoms with Crippen molar-refractivity contribution in [1.29, 1.82) is 0 Å². The lowest BCUT2D eigenvalue weighted by Gasteiger charge is -2.44. The molecule has 0 amide bonds. The Labute approximate surface area is 97.0 Å². The molecule has 0 saturated carbocycles. The first-order valence-corrected chi connectivity index (χ1v) is 5.77. The van der Waals surface area contributed by atoms with Crippen molar-refractivity contribution in [3.05, 3.63) is 0 Å². The third-order valence-electron chi connectivity index (χ3n) is 3.66. The fraction of sp³-hybridized carbons (Fsp3) is 0.818. The number of ketones is 2. The van der Waals surface area contributed by atoms with Gasteiger partial charge in [0.25, 0.3) is 0 Å². The van der Waals surface area contributed by atoms with E-state index in [2.05, 4.69) is 0 Å². The Morgan fingerprint density at radius 3 is 2.35 bits per heavy atom. The normalized spacial score (nSPS) is 32.9. The SMILES string of the molecule is O=C1C2CCN(CC2)C1CCC(=O)C(F)(F)F. The second kappa shape index (κ2) is 4.40. The highest BCUT2D eigenvalue weighted by atomic mass is 19.4. The van der Waals surface area contributed by atoms with Crippen LogP contribution in [0.25, 0.3) is 0 Å². The van der Waals surface area contributed by atoms with Gasteiger partial charge in [0, 0.05) is 12.3 Å². The zero-order valence-electron chi connectivity index (χ0n) is 9.29. The highest BCUT2D eigenvalue weighted by Crippen LogP contribution is 2.31. The van der Waals surface area contributed by atoms with Gasteiger partial charge in [0.15, 0.2) is 5.78 Å². The Kier molecular flexibility index (Phi) is 3.25. The van der Waals surface area contributed by atoms with Gasteiger partial charge >= 0.3 is 6.18 Å². The van der Waals surface area contributed by atoms with E-state index < -0.39 is 24.4 Å². The minimum atomic E-state index is -4.77. The molecule has 3 heterocycles. The molecule has 0 aromatic rings. The molecule has 1 atom stereocenters. The topological polar surface area (TPSA) is 37.4 Å². The number of piperidine rings is 3. The van der Waals surface area contributed by atoms with Crippen molar-refractivity contribution in [3.8, 4) is 0 Å². The van der Waals surface area contributed by atoms with Crippen LogP contribution in [0.1, 0.15) is 25.7 Å². The average Bonchev–Trinajstić information content (AvgIpc) is 2.27. The molecule has 3 fully saturated rings. The van der Waals surface area contributed by atoms with E-state index in [4.69, 9.17) is 0 Å². The van der Waals surface area contributed by atoms with E-state index in [1.54, 1.807) is 0 Å². The van der Waals surface area contributed by atoms with E-state index in [1.807, 2.05) is 4.90 Å². The summed E-state index contributed by atoms with van der Waals surface area (Å²) < 4.78 is 36.1. The Bertz CT molecular complexity index is 332. The number of Topliss-reactive ketones (excluding diaryl/α,β-unsaturated/α-hetero) is 2. The maximum atomic E-state index is 12.0. The van der Waals surface area contributed by atoms with Crippen molar-refractivity contribution in [2.45, 2.75) is 37.9 Å². The molecule has 0 aromatic carbocycles. The summed E-state index contributed by atoms with van der Waals surface area (Å²) in [5, 5.41) is 0. The molecule has 17 heavy (non-hydrogen) atoms. The molecule has 0 spiro atoms. The van der Waals surface area contributed by atoms with Gasteiger partial charge in [-0.3, -0.25) is 14.5 Å². The van der Waals surface area contributed by atoms with Gasteiger partial charge in [-0.1, -0.05) is 0 Å². The smallest absolute Gasteiger partial charge is 0.298 e. The molecular formula is C11H14F3NO2. The van der Waals surface area contributed by atoms with Crippen LogP contribution in [0.3, 0.4) is 0 Å². The predicted octanol–water partition coefficient (Wildman–Crippen LogP) is 1.56. The Hall–Kier alpha value is -0.910. The van der Waals surface area contributed by atoms with E-state index >= 15 is 0 Å². The zero-order chi connectivity index (χ0) is 12.6. The van der Waals surface area contributed by atoms with Gasteiger partial charge in [0.05, 0.1) is 6.04 Å². The van der Waals surface area contributed by atoms with Crippen molar-refractivity contribution in [1.82, 2.24) is 4.90 Å². The second-order valence-electron chi connectivity index (χ2n) is 4.69. The van der Waals surface area contributed by atoms with Crippen LogP contribution in [0.5, 0.6) is 0 Å². The molecule has 3 aliphatic heterocycles. The summed E-state index contributed by atoms with van der Waals surface area (Å²) in [5.41, 5.74) is 0. The maximum Gasteiger partial charge on any atom is 0.449 e. The fourth-order valence-corrected chi connectivity index (χ4v) is 2.68. The predicted molar refractivity (Wildman–Crippen MR) is 53.4 cm³/mol. The second-order valence-corrected chi connectivity index (χ2v) is 4.69. The van der Waals surface area contributed by atoms with Gasteiger partial charge in [0.2, 0.25) is 5.78 Å². The van der Waals surface area contributed by atoms with Gasteiger partial charge in [-0.15, -0.1) is 0 Å². The highest BCUT2D eigenvalue weighted by Gasteiger charge is 2.43. The molecule has 1 unspecified atom stereocenters. The van der Waals surface area contributed by atoms with Crippen LogP contribution >= 0.6 is 0 Å². The van der Waals surface area contributed by atoms with Gasteiger partial charge in [-0.25, -0.2) is 0 Å². The number of halogens is 3. The summed E-state index contributed by atoms with van der Waals surface area (Å²) in [5.74, 6) is -1.70. The number of carbonyl (C=O) groups excluding carboxylic acids is 2. The van der Waals surface area contributed by atoms with Gasteiger partial charge in [-0.05, 0) is 32.4 Å². The molecule has 3 rings (SSSR count). The molecule has 3 saturated heterocycles. The third-order valence-corrected chi connectivity index (χ3v) is 3.66. The first-order valence-electron chi connectivity index (χ1n) is 5.77. The summed E-state index contributed by atoms with van der Waals surface area (Å²) in [6.07, 6.45) is -3.73. The summed E-state index contributed by atoms with van der Waals surface area (Å²) in [7, 11) is 0. The fourth-order valence-electron chi connectivity index (χ4n) is 2.68. The quantitative estimate of drug-likeness (QED) is 0.761. The number of fused-ring (bicyclic) bond motifs is 3. The monoisotopic (exact) mass is 249 g/mol. The number of alkyl halides is 3. The summed E-state index contributed by atoms with van der Waals surface area (Å²) in [6, 6.07) is -0.464. The van der Waals surface area contributed by atoms with Crippen LogP contribution < -0.4 is 0 Å². The van der Waals surface area contributed by atoms with Crippen LogP contribution in [0.15, 0.2) is 0 Å². The van der Waals surface area contributed by atoms with Crippen LogP contribution in [-0.2, 0) is 9.59 Å². The van der Waals surface area contributed by atoms with Crippen molar-refractivity contribution >= 4 is 11.6 Å². The molecular weight excluding hydrogens is 235 g/mol. The van der Waals surface area contributed by atoms with E-state index in [0.29, 0.717) is 0 Å². The van der Waals surface area contributed by atoms with Gasteiger partial charge in [-0.2, -0.15) is 13.2 Å². The molecule has 2 bridgehead atoms. The minimum Gasteiger partial charge on any atom is -0.298 e. The molecule has 96 valence electrons. The zero-order valence-corrected chi connectivity index (χ0v) is 9.29. The van der Waals surface area contributed by atoms with Crippen molar-refractivity contribution in [3.63, 3.8) is 0 Å². The number of nitrogens with zero attached hydrogens (tertiary/aromatic N) is 1. The van der Waals surface area contributed by atoms with Crippen LogP contribution in [-0.4, -0.2) is 41.8 Å². The molecule has 0 aromatic heterocycles. The van der Waals surface area contributed by atoms with E-state index in [0.717, 1.165) is 25.9 Å². The number of rotatable bonds is 3. The first kappa shape index (κ1) is 12.5. The van der Waals surface area contributed by atoms with E-state index in [-0.39, 0.29) is 18.1 Å². The average molecular weight is 249 g/mol. The summed E-state index contributed by atoms with van der Waals surface area (Å²) in [6.45, 7) is 1.53. The number of hydrogen-bond acceptors (Lipinski definition) is 3. The largest absolute Gasteiger partial charge is 0.449 e.